The molecule has 12 heavy (non-hydrogen) atoms. The second-order valence-corrected chi connectivity index (χ2v) is 3.65. The quantitative estimate of drug-likeness (QED) is 0.471. The number of nitro groups is 1. The zero-order valence-corrected chi connectivity index (χ0v) is 7.40. The molecule has 0 bridgehead atoms. The summed E-state index contributed by atoms with van der Waals surface area (Å²) >= 11 is 0. The van der Waals surface area contributed by atoms with Crippen molar-refractivity contribution < 1.29 is 4.92 Å². The first kappa shape index (κ1) is 9.23. The van der Waals surface area contributed by atoms with Gasteiger partial charge in [-0.05, 0) is 30.8 Å². The molecule has 68 valence electrons. The monoisotopic (exact) mass is 169 g/mol. The lowest BCUT2D eigenvalue weighted by molar-refractivity contribution is -0.402. The second-order valence-electron chi connectivity index (χ2n) is 3.65. The molecule has 0 radical (unpaired) electrons. The summed E-state index contributed by atoms with van der Waals surface area (Å²) in [5, 5.41) is 10.0. The van der Waals surface area contributed by atoms with Gasteiger partial charge < -0.3 is 0 Å². The standard InChI is InChI=1S/C9H15NO2/c1-8-2-4-9(5-3-8)6-7-10(11)12/h6-9H,2-5H2,1H3/b7-6+. The van der Waals surface area contributed by atoms with Gasteiger partial charge in [0.15, 0.2) is 0 Å². The smallest absolute Gasteiger partial charge is 0.230 e. The van der Waals surface area contributed by atoms with E-state index in [-0.39, 0.29) is 4.92 Å². The van der Waals surface area contributed by atoms with Gasteiger partial charge in [-0.25, -0.2) is 0 Å². The van der Waals surface area contributed by atoms with E-state index in [0.29, 0.717) is 5.92 Å². The molecule has 1 fully saturated rings. The van der Waals surface area contributed by atoms with Gasteiger partial charge in [0.25, 0.3) is 0 Å². The Morgan fingerprint density at radius 2 is 1.92 bits per heavy atom. The summed E-state index contributed by atoms with van der Waals surface area (Å²) in [4.78, 5) is 9.65. The van der Waals surface area contributed by atoms with Crippen molar-refractivity contribution in [2.75, 3.05) is 0 Å². The highest BCUT2D eigenvalue weighted by Gasteiger charge is 2.16. The molecule has 0 aliphatic heterocycles. The number of hydrogen-bond donors (Lipinski definition) is 0. The van der Waals surface area contributed by atoms with Crippen LogP contribution in [0.4, 0.5) is 0 Å². The van der Waals surface area contributed by atoms with Crippen molar-refractivity contribution >= 4 is 0 Å². The highest BCUT2D eigenvalue weighted by atomic mass is 16.6. The number of rotatable bonds is 2. The van der Waals surface area contributed by atoms with Gasteiger partial charge in [-0.3, -0.25) is 10.1 Å². The van der Waals surface area contributed by atoms with E-state index in [1.807, 2.05) is 0 Å². The summed E-state index contributed by atoms with van der Waals surface area (Å²) in [6.45, 7) is 2.24. The first-order valence-electron chi connectivity index (χ1n) is 4.50. The van der Waals surface area contributed by atoms with Crippen molar-refractivity contribution in [3.05, 3.63) is 22.4 Å². The number of nitrogens with zero attached hydrogens (tertiary/aromatic N) is 1. The van der Waals surface area contributed by atoms with Crippen LogP contribution in [0, 0.1) is 22.0 Å². The third-order valence-corrected chi connectivity index (χ3v) is 2.54. The Labute approximate surface area is 72.6 Å². The largest absolute Gasteiger partial charge is 0.259 e. The zero-order chi connectivity index (χ0) is 8.97. The maximum Gasteiger partial charge on any atom is 0.230 e. The molecule has 0 amide bonds. The highest BCUT2D eigenvalue weighted by Crippen LogP contribution is 2.28. The first-order chi connectivity index (χ1) is 5.68. The van der Waals surface area contributed by atoms with Crippen LogP contribution in [0.25, 0.3) is 0 Å². The fraction of sp³-hybridized carbons (Fsp3) is 0.778. The van der Waals surface area contributed by atoms with Crippen molar-refractivity contribution in [2.24, 2.45) is 11.8 Å². The van der Waals surface area contributed by atoms with Gasteiger partial charge in [-0.2, -0.15) is 0 Å². The Morgan fingerprint density at radius 3 is 2.42 bits per heavy atom. The summed E-state index contributed by atoms with van der Waals surface area (Å²) in [7, 11) is 0. The maximum atomic E-state index is 10.0. The predicted molar refractivity (Wildman–Crippen MR) is 47.3 cm³/mol. The van der Waals surface area contributed by atoms with Gasteiger partial charge in [-0.1, -0.05) is 19.8 Å². The van der Waals surface area contributed by atoms with Gasteiger partial charge in [0.05, 0.1) is 4.92 Å². The molecule has 0 unspecified atom stereocenters. The molecule has 1 aliphatic rings. The van der Waals surface area contributed by atoms with E-state index in [0.717, 1.165) is 25.0 Å². The van der Waals surface area contributed by atoms with Crippen molar-refractivity contribution in [3.8, 4) is 0 Å². The van der Waals surface area contributed by atoms with Crippen LogP contribution in [-0.2, 0) is 0 Å². The van der Waals surface area contributed by atoms with Gasteiger partial charge in [-0.15, -0.1) is 0 Å². The minimum absolute atomic E-state index is 0.377. The Kier molecular flexibility index (Phi) is 3.26. The van der Waals surface area contributed by atoms with E-state index in [1.54, 1.807) is 6.08 Å². The van der Waals surface area contributed by atoms with Crippen LogP contribution >= 0.6 is 0 Å². The molecule has 0 atom stereocenters. The molecule has 0 aromatic heterocycles. The summed E-state index contributed by atoms with van der Waals surface area (Å²) in [5.41, 5.74) is 0. The third-order valence-electron chi connectivity index (χ3n) is 2.54. The van der Waals surface area contributed by atoms with E-state index in [9.17, 15) is 10.1 Å². The lowest BCUT2D eigenvalue weighted by Gasteiger charge is -2.22. The molecule has 0 aromatic carbocycles. The normalized spacial score (nSPS) is 30.8. The summed E-state index contributed by atoms with van der Waals surface area (Å²) in [6, 6.07) is 0. The van der Waals surface area contributed by atoms with Crippen LogP contribution in [0.1, 0.15) is 32.6 Å². The van der Waals surface area contributed by atoms with Crippen molar-refractivity contribution in [2.45, 2.75) is 32.6 Å². The van der Waals surface area contributed by atoms with Crippen LogP contribution in [-0.4, -0.2) is 4.92 Å². The average Bonchev–Trinajstić information content (AvgIpc) is 2.03. The van der Waals surface area contributed by atoms with Crippen LogP contribution in [0.2, 0.25) is 0 Å². The highest BCUT2D eigenvalue weighted by molar-refractivity contribution is 4.85. The Balaban J connectivity index is 2.30. The van der Waals surface area contributed by atoms with Gasteiger partial charge >= 0.3 is 0 Å². The van der Waals surface area contributed by atoms with Crippen molar-refractivity contribution in [1.82, 2.24) is 0 Å². The minimum atomic E-state index is -0.377. The van der Waals surface area contributed by atoms with Crippen LogP contribution in [0.5, 0.6) is 0 Å². The third kappa shape index (κ3) is 3.03. The molecule has 3 nitrogen and oxygen atoms in total. The van der Waals surface area contributed by atoms with Gasteiger partial charge in [0.1, 0.15) is 0 Å². The van der Waals surface area contributed by atoms with E-state index >= 15 is 0 Å². The topological polar surface area (TPSA) is 43.1 Å². The summed E-state index contributed by atoms with van der Waals surface area (Å²) in [6.07, 6.45) is 7.49. The Morgan fingerprint density at radius 1 is 1.33 bits per heavy atom. The molecule has 0 aromatic rings. The summed E-state index contributed by atoms with van der Waals surface area (Å²) in [5.74, 6) is 1.26. The minimum Gasteiger partial charge on any atom is -0.259 e. The fourth-order valence-electron chi connectivity index (χ4n) is 1.67. The Bertz CT molecular complexity index is 181. The molecule has 0 N–H and O–H groups in total. The van der Waals surface area contributed by atoms with Gasteiger partial charge in [0, 0.05) is 0 Å². The van der Waals surface area contributed by atoms with Crippen molar-refractivity contribution in [3.63, 3.8) is 0 Å². The molecule has 1 aliphatic carbocycles. The van der Waals surface area contributed by atoms with Crippen LogP contribution < -0.4 is 0 Å². The fourth-order valence-corrected chi connectivity index (χ4v) is 1.67. The van der Waals surface area contributed by atoms with Gasteiger partial charge in [0.2, 0.25) is 6.20 Å². The van der Waals surface area contributed by atoms with E-state index in [4.69, 9.17) is 0 Å². The maximum absolute atomic E-state index is 10.0. The van der Waals surface area contributed by atoms with E-state index in [1.165, 1.54) is 12.8 Å². The van der Waals surface area contributed by atoms with Crippen LogP contribution in [0.3, 0.4) is 0 Å². The molecule has 1 rings (SSSR count). The van der Waals surface area contributed by atoms with Crippen LogP contribution in [0.15, 0.2) is 12.3 Å². The Hall–Kier alpha value is -0.860. The second kappa shape index (κ2) is 4.24. The predicted octanol–water partition coefficient (Wildman–Crippen LogP) is 2.60. The lowest BCUT2D eigenvalue weighted by Crippen LogP contribution is -2.10. The summed E-state index contributed by atoms with van der Waals surface area (Å²) < 4.78 is 0. The average molecular weight is 169 g/mol. The molecular weight excluding hydrogens is 154 g/mol. The molecule has 3 heteroatoms. The SMILES string of the molecule is CC1CCC(/C=C/[N+](=O)[O-])CC1. The lowest BCUT2D eigenvalue weighted by atomic mass is 9.83. The molecule has 1 saturated carbocycles. The van der Waals surface area contributed by atoms with E-state index < -0.39 is 0 Å². The molecule has 0 heterocycles. The first-order valence-corrected chi connectivity index (χ1v) is 4.50. The number of allylic oxidation sites excluding steroid dienone is 1. The molecule has 0 spiro atoms. The van der Waals surface area contributed by atoms with Crippen molar-refractivity contribution in [1.29, 1.82) is 0 Å². The zero-order valence-electron chi connectivity index (χ0n) is 7.40. The molecular formula is C9H15NO2. The van der Waals surface area contributed by atoms with E-state index in [2.05, 4.69) is 6.92 Å². The number of hydrogen-bond acceptors (Lipinski definition) is 2. The molecule has 0 saturated heterocycles.